The van der Waals surface area contributed by atoms with Crippen molar-refractivity contribution in [3.05, 3.63) is 11.8 Å². The molecule has 4 nitrogen and oxygen atoms in total. The molecule has 56 valence electrons. The van der Waals surface area contributed by atoms with Crippen LogP contribution in [0.25, 0.3) is 0 Å². The molecule has 0 radical (unpaired) electrons. The van der Waals surface area contributed by atoms with Crippen molar-refractivity contribution in [2.24, 2.45) is 5.73 Å². The molecular weight excluding hydrogens is 134 g/mol. The van der Waals surface area contributed by atoms with E-state index >= 15 is 0 Å². The van der Waals surface area contributed by atoms with Crippen molar-refractivity contribution in [2.75, 3.05) is 7.11 Å². The Morgan fingerprint density at radius 1 is 1.50 bits per heavy atom. The third-order valence-electron chi connectivity index (χ3n) is 0.951. The lowest BCUT2D eigenvalue weighted by molar-refractivity contribution is -0.137. The average Bonchev–Trinajstić information content (AvgIpc) is 1.88. The normalized spacial score (nSPS) is 10.8. The molecule has 0 fully saturated rings. The van der Waals surface area contributed by atoms with Crippen LogP contribution in [-0.2, 0) is 14.3 Å². The molecule has 0 spiro atoms. The fourth-order valence-corrected chi connectivity index (χ4v) is 0.439. The highest BCUT2D eigenvalue weighted by atomic mass is 16.5. The summed E-state index contributed by atoms with van der Waals surface area (Å²) in [6, 6.07) is 0. The number of carbonyl (C=O) groups is 2. The zero-order valence-electron chi connectivity index (χ0n) is 5.88. The average molecular weight is 143 g/mol. The van der Waals surface area contributed by atoms with Gasteiger partial charge in [-0.05, 0) is 6.92 Å². The van der Waals surface area contributed by atoms with Gasteiger partial charge in [0.05, 0.1) is 7.11 Å². The largest absolute Gasteiger partial charge is 0.465 e. The first-order valence-corrected chi connectivity index (χ1v) is 2.64. The molecule has 0 atom stereocenters. The first-order valence-electron chi connectivity index (χ1n) is 2.64. The van der Waals surface area contributed by atoms with Crippen LogP contribution in [0.4, 0.5) is 0 Å². The first-order chi connectivity index (χ1) is 4.63. The minimum atomic E-state index is -0.699. The third-order valence-corrected chi connectivity index (χ3v) is 0.951. The molecule has 0 bridgehead atoms. The van der Waals surface area contributed by atoms with Gasteiger partial charge in [-0.1, -0.05) is 0 Å². The molecule has 4 heteroatoms. The molecule has 0 amide bonds. The van der Waals surface area contributed by atoms with Crippen LogP contribution >= 0.6 is 0 Å². The van der Waals surface area contributed by atoms with E-state index in [0.29, 0.717) is 0 Å². The van der Waals surface area contributed by atoms with Crippen molar-refractivity contribution < 1.29 is 14.3 Å². The molecule has 0 saturated heterocycles. The van der Waals surface area contributed by atoms with Crippen LogP contribution in [0.3, 0.4) is 0 Å². The van der Waals surface area contributed by atoms with Crippen LogP contribution in [0.5, 0.6) is 0 Å². The summed E-state index contributed by atoms with van der Waals surface area (Å²) in [5.74, 6) is -1.09. The molecule has 0 aliphatic heterocycles. The molecule has 2 N–H and O–H groups in total. The number of nitrogens with two attached hydrogens (primary N) is 1. The fraction of sp³-hybridized carbons (Fsp3) is 0.333. The molecule has 0 aromatic carbocycles. The first kappa shape index (κ1) is 8.68. The summed E-state index contributed by atoms with van der Waals surface area (Å²) < 4.78 is 4.26. The predicted octanol–water partition coefficient (Wildman–Crippen LogP) is -0.409. The molecule has 0 unspecified atom stereocenters. The minimum Gasteiger partial charge on any atom is -0.465 e. The summed E-state index contributed by atoms with van der Waals surface area (Å²) in [5, 5.41) is 0. The second kappa shape index (κ2) is 3.66. The van der Waals surface area contributed by atoms with E-state index < -0.39 is 11.8 Å². The van der Waals surface area contributed by atoms with E-state index in [1.165, 1.54) is 14.0 Å². The van der Waals surface area contributed by atoms with Crippen LogP contribution in [0.2, 0.25) is 0 Å². The smallest absolute Gasteiger partial charge is 0.342 e. The number of ether oxygens (including phenoxy) is 1. The maximum Gasteiger partial charge on any atom is 0.342 e. The maximum absolute atomic E-state index is 10.6. The van der Waals surface area contributed by atoms with Gasteiger partial charge in [-0.25, -0.2) is 4.79 Å². The van der Waals surface area contributed by atoms with Gasteiger partial charge in [0.1, 0.15) is 5.57 Å². The van der Waals surface area contributed by atoms with Crippen LogP contribution < -0.4 is 5.73 Å². The number of esters is 1. The number of rotatable bonds is 2. The lowest BCUT2D eigenvalue weighted by Gasteiger charge is -1.97. The number of methoxy groups -OCH3 is 1. The molecule has 0 saturated carbocycles. The standard InChI is InChI=1S/C6H9NO3/c1-4(8)5(3-7)6(9)10-2/h3H,7H2,1-2H3. The van der Waals surface area contributed by atoms with Gasteiger partial charge in [0.25, 0.3) is 0 Å². The number of hydrogen-bond acceptors (Lipinski definition) is 4. The summed E-state index contributed by atoms with van der Waals surface area (Å²) in [6.07, 6.45) is 0.939. The second-order valence-corrected chi connectivity index (χ2v) is 1.63. The van der Waals surface area contributed by atoms with Crippen LogP contribution in [0, 0.1) is 0 Å². The Labute approximate surface area is 58.7 Å². The van der Waals surface area contributed by atoms with Gasteiger partial charge < -0.3 is 10.5 Å². The Morgan fingerprint density at radius 3 is 2.10 bits per heavy atom. The van der Waals surface area contributed by atoms with Gasteiger partial charge in [-0.2, -0.15) is 0 Å². The number of carbonyl (C=O) groups excluding carboxylic acids is 2. The zero-order valence-corrected chi connectivity index (χ0v) is 5.88. The Balaban J connectivity index is 4.39. The van der Waals surface area contributed by atoms with E-state index in [-0.39, 0.29) is 5.57 Å². The van der Waals surface area contributed by atoms with Crippen molar-refractivity contribution in [3.63, 3.8) is 0 Å². The van der Waals surface area contributed by atoms with Gasteiger partial charge in [-0.15, -0.1) is 0 Å². The molecule has 0 heterocycles. The van der Waals surface area contributed by atoms with E-state index in [0.717, 1.165) is 6.20 Å². The summed E-state index contributed by atoms with van der Waals surface area (Å²) in [7, 11) is 1.19. The van der Waals surface area contributed by atoms with Gasteiger partial charge in [0.2, 0.25) is 0 Å². The van der Waals surface area contributed by atoms with E-state index in [2.05, 4.69) is 4.74 Å². The van der Waals surface area contributed by atoms with Crippen molar-refractivity contribution in [1.82, 2.24) is 0 Å². The topological polar surface area (TPSA) is 69.4 Å². The number of ketones is 1. The van der Waals surface area contributed by atoms with Crippen molar-refractivity contribution in [1.29, 1.82) is 0 Å². The molecule has 0 aliphatic rings. The van der Waals surface area contributed by atoms with Crippen LogP contribution in [-0.4, -0.2) is 18.9 Å². The van der Waals surface area contributed by atoms with E-state index in [1.54, 1.807) is 0 Å². The summed E-state index contributed by atoms with van der Waals surface area (Å²) in [4.78, 5) is 21.1. The highest BCUT2D eigenvalue weighted by Crippen LogP contribution is 1.95. The Kier molecular flexibility index (Phi) is 3.17. The Bertz CT molecular complexity index is 183. The molecule has 10 heavy (non-hydrogen) atoms. The lowest BCUT2D eigenvalue weighted by Crippen LogP contribution is -2.13. The third kappa shape index (κ3) is 1.89. The van der Waals surface area contributed by atoms with Gasteiger partial charge in [-0.3, -0.25) is 4.79 Å². The van der Waals surface area contributed by atoms with Crippen molar-refractivity contribution in [2.45, 2.75) is 6.92 Å². The fourth-order valence-electron chi connectivity index (χ4n) is 0.439. The SMILES string of the molecule is COC(=O)C(=CN)C(C)=O. The number of Topliss-reactive ketones (excluding diaryl/α,β-unsaturated/α-hetero) is 1. The van der Waals surface area contributed by atoms with E-state index in [4.69, 9.17) is 5.73 Å². The minimum absolute atomic E-state index is 0.123. The molecule has 0 rings (SSSR count). The van der Waals surface area contributed by atoms with Gasteiger partial charge >= 0.3 is 5.97 Å². The van der Waals surface area contributed by atoms with Gasteiger partial charge in [0.15, 0.2) is 5.78 Å². The Hall–Kier alpha value is -1.32. The molecule has 0 aromatic rings. The summed E-state index contributed by atoms with van der Waals surface area (Å²) >= 11 is 0. The summed E-state index contributed by atoms with van der Waals surface area (Å²) in [5.41, 5.74) is 4.84. The van der Waals surface area contributed by atoms with E-state index in [9.17, 15) is 9.59 Å². The molecular formula is C6H9NO3. The molecule has 0 aliphatic carbocycles. The number of hydrogen-bond donors (Lipinski definition) is 1. The second-order valence-electron chi connectivity index (χ2n) is 1.63. The quantitative estimate of drug-likeness (QED) is 0.247. The Morgan fingerprint density at radius 2 is 2.00 bits per heavy atom. The van der Waals surface area contributed by atoms with Crippen molar-refractivity contribution >= 4 is 11.8 Å². The van der Waals surface area contributed by atoms with Crippen molar-refractivity contribution in [3.8, 4) is 0 Å². The van der Waals surface area contributed by atoms with Crippen LogP contribution in [0.15, 0.2) is 11.8 Å². The lowest BCUT2D eigenvalue weighted by atomic mass is 10.2. The van der Waals surface area contributed by atoms with Gasteiger partial charge in [0, 0.05) is 6.20 Å². The van der Waals surface area contributed by atoms with E-state index in [1.807, 2.05) is 0 Å². The predicted molar refractivity (Wildman–Crippen MR) is 35.0 cm³/mol. The monoisotopic (exact) mass is 143 g/mol. The highest BCUT2D eigenvalue weighted by Gasteiger charge is 2.12. The summed E-state index contributed by atoms with van der Waals surface area (Å²) in [6.45, 7) is 1.25. The highest BCUT2D eigenvalue weighted by molar-refractivity contribution is 6.16. The maximum atomic E-state index is 10.6. The molecule has 0 aromatic heterocycles. The van der Waals surface area contributed by atoms with Crippen LogP contribution in [0.1, 0.15) is 6.92 Å². The zero-order chi connectivity index (χ0) is 8.15.